The lowest BCUT2D eigenvalue weighted by atomic mass is 9.87. The summed E-state index contributed by atoms with van der Waals surface area (Å²) in [4.78, 5) is 18.4. The summed E-state index contributed by atoms with van der Waals surface area (Å²) >= 11 is 0. The first-order valence-corrected chi connectivity index (χ1v) is 8.11. The number of aliphatic imine (C=N–C) groups is 1. The number of carbonyl (C=O) groups excluding carboxylic acids is 1. The van der Waals surface area contributed by atoms with Gasteiger partial charge >= 0.3 is 6.09 Å². The lowest BCUT2D eigenvalue weighted by Gasteiger charge is -2.33. The van der Waals surface area contributed by atoms with Crippen molar-refractivity contribution >= 4 is 11.9 Å². The second kappa shape index (κ2) is 6.67. The Labute approximate surface area is 128 Å². The van der Waals surface area contributed by atoms with Gasteiger partial charge in [0.15, 0.2) is 0 Å². The molecule has 0 bridgehead atoms. The fraction of sp³-hybridized carbons (Fsp3) is 0.875. The van der Waals surface area contributed by atoms with Crippen LogP contribution >= 0.6 is 0 Å². The maximum absolute atomic E-state index is 12.1. The highest BCUT2D eigenvalue weighted by Gasteiger charge is 2.26. The van der Waals surface area contributed by atoms with E-state index < -0.39 is 5.60 Å². The van der Waals surface area contributed by atoms with Crippen molar-refractivity contribution in [3.63, 3.8) is 0 Å². The average molecular weight is 295 g/mol. The molecule has 1 aliphatic carbocycles. The van der Waals surface area contributed by atoms with Crippen LogP contribution < -0.4 is 5.32 Å². The van der Waals surface area contributed by atoms with Crippen LogP contribution in [0.1, 0.15) is 53.4 Å². The number of nitrogens with one attached hydrogen (secondary N) is 1. The number of nitrogens with zero attached hydrogens (tertiary/aromatic N) is 2. The Balaban J connectivity index is 1.83. The van der Waals surface area contributed by atoms with E-state index in [4.69, 9.17) is 4.74 Å². The van der Waals surface area contributed by atoms with Crippen LogP contribution in [-0.4, -0.2) is 48.1 Å². The van der Waals surface area contributed by atoms with Gasteiger partial charge < -0.3 is 10.1 Å². The minimum atomic E-state index is -0.446. The number of carbonyl (C=O) groups is 1. The predicted octanol–water partition coefficient (Wildman–Crippen LogP) is 2.80. The SMILES string of the molecule is CC1CCC(NC2=NCCN(C(=O)OC(C)(C)C)C2)CC1. The third kappa shape index (κ3) is 5.21. The number of amidine groups is 1. The monoisotopic (exact) mass is 295 g/mol. The van der Waals surface area contributed by atoms with E-state index >= 15 is 0 Å². The molecule has 5 heteroatoms. The molecule has 1 saturated carbocycles. The van der Waals surface area contributed by atoms with Gasteiger partial charge in [-0.3, -0.25) is 9.89 Å². The molecular weight excluding hydrogens is 266 g/mol. The van der Waals surface area contributed by atoms with Gasteiger partial charge in [-0.1, -0.05) is 6.92 Å². The molecule has 0 aromatic rings. The zero-order valence-electron chi connectivity index (χ0n) is 13.8. The summed E-state index contributed by atoms with van der Waals surface area (Å²) in [6.07, 6.45) is 4.72. The normalized spacial score (nSPS) is 27.0. The topological polar surface area (TPSA) is 53.9 Å². The van der Waals surface area contributed by atoms with Gasteiger partial charge in [0.25, 0.3) is 0 Å². The van der Waals surface area contributed by atoms with Crippen LogP contribution in [0.15, 0.2) is 4.99 Å². The number of rotatable bonds is 1. The minimum absolute atomic E-state index is 0.242. The Morgan fingerprint density at radius 2 is 1.95 bits per heavy atom. The van der Waals surface area contributed by atoms with E-state index in [2.05, 4.69) is 17.2 Å². The van der Waals surface area contributed by atoms with Crippen molar-refractivity contribution in [2.24, 2.45) is 10.9 Å². The van der Waals surface area contributed by atoms with Crippen molar-refractivity contribution in [1.82, 2.24) is 10.2 Å². The fourth-order valence-corrected chi connectivity index (χ4v) is 2.83. The molecule has 1 fully saturated rings. The molecule has 1 aliphatic heterocycles. The van der Waals surface area contributed by atoms with Crippen LogP contribution in [-0.2, 0) is 4.74 Å². The molecular formula is C16H29N3O2. The van der Waals surface area contributed by atoms with Crippen molar-refractivity contribution in [2.75, 3.05) is 19.6 Å². The molecule has 21 heavy (non-hydrogen) atoms. The Morgan fingerprint density at radius 1 is 1.29 bits per heavy atom. The fourth-order valence-electron chi connectivity index (χ4n) is 2.83. The van der Waals surface area contributed by atoms with E-state index in [-0.39, 0.29) is 6.09 Å². The zero-order valence-corrected chi connectivity index (χ0v) is 13.8. The summed E-state index contributed by atoms with van der Waals surface area (Å²) in [7, 11) is 0. The summed E-state index contributed by atoms with van der Waals surface area (Å²) in [5.41, 5.74) is -0.446. The summed E-state index contributed by atoms with van der Waals surface area (Å²) in [5.74, 6) is 1.78. The molecule has 1 N–H and O–H groups in total. The van der Waals surface area contributed by atoms with Crippen LogP contribution in [0.3, 0.4) is 0 Å². The Hall–Kier alpha value is -1.26. The predicted molar refractivity (Wildman–Crippen MR) is 84.7 cm³/mol. The first kappa shape index (κ1) is 16.1. The lowest BCUT2D eigenvalue weighted by molar-refractivity contribution is 0.0276. The summed E-state index contributed by atoms with van der Waals surface area (Å²) < 4.78 is 5.43. The molecule has 1 amide bonds. The second-order valence-corrected chi connectivity index (χ2v) is 7.33. The summed E-state index contributed by atoms with van der Waals surface area (Å²) in [5, 5.41) is 3.53. The molecule has 0 aromatic carbocycles. The molecule has 0 radical (unpaired) electrons. The van der Waals surface area contributed by atoms with Gasteiger partial charge in [0.05, 0.1) is 13.1 Å². The molecule has 0 unspecified atom stereocenters. The van der Waals surface area contributed by atoms with Crippen LogP contribution in [0, 0.1) is 5.92 Å². The van der Waals surface area contributed by atoms with E-state index in [1.54, 1.807) is 4.90 Å². The quantitative estimate of drug-likeness (QED) is 0.809. The maximum Gasteiger partial charge on any atom is 0.410 e. The highest BCUT2D eigenvalue weighted by Crippen LogP contribution is 2.23. The van der Waals surface area contributed by atoms with Crippen molar-refractivity contribution in [3.8, 4) is 0 Å². The maximum atomic E-state index is 12.1. The Kier molecular flexibility index (Phi) is 5.12. The number of hydrogen-bond acceptors (Lipinski definition) is 4. The molecule has 2 rings (SSSR count). The molecule has 0 saturated heterocycles. The Bertz CT molecular complexity index is 393. The van der Waals surface area contributed by atoms with E-state index in [1.165, 1.54) is 25.7 Å². The number of ether oxygens (including phenoxy) is 1. The van der Waals surface area contributed by atoms with Gasteiger partial charge in [-0.15, -0.1) is 0 Å². The molecule has 0 atom stereocenters. The van der Waals surface area contributed by atoms with Gasteiger partial charge in [-0.25, -0.2) is 4.79 Å². The standard InChI is InChI=1S/C16H29N3O2/c1-12-5-7-13(8-6-12)18-14-11-19(10-9-17-14)15(20)21-16(2,3)4/h12-13H,5-11H2,1-4H3,(H,17,18). The molecule has 0 spiro atoms. The van der Waals surface area contributed by atoms with E-state index in [0.29, 0.717) is 25.7 Å². The number of amides is 1. The number of hydrogen-bond donors (Lipinski definition) is 1. The molecule has 2 aliphatic rings. The van der Waals surface area contributed by atoms with Gasteiger partial charge in [0.1, 0.15) is 11.4 Å². The Morgan fingerprint density at radius 3 is 2.57 bits per heavy atom. The van der Waals surface area contributed by atoms with Gasteiger partial charge in [0, 0.05) is 12.6 Å². The zero-order chi connectivity index (χ0) is 15.5. The van der Waals surface area contributed by atoms with Crippen LogP contribution in [0.5, 0.6) is 0 Å². The third-order valence-corrected chi connectivity index (χ3v) is 4.05. The van der Waals surface area contributed by atoms with Gasteiger partial charge in [-0.2, -0.15) is 0 Å². The molecule has 0 aromatic heterocycles. The van der Waals surface area contributed by atoms with Crippen LogP contribution in [0.25, 0.3) is 0 Å². The van der Waals surface area contributed by atoms with E-state index in [0.717, 1.165) is 11.8 Å². The van der Waals surface area contributed by atoms with Crippen molar-refractivity contribution < 1.29 is 9.53 Å². The first-order valence-electron chi connectivity index (χ1n) is 8.11. The van der Waals surface area contributed by atoms with Gasteiger partial charge in [-0.05, 0) is 52.4 Å². The molecule has 120 valence electrons. The largest absolute Gasteiger partial charge is 0.444 e. The lowest BCUT2D eigenvalue weighted by Crippen LogP contribution is -2.49. The van der Waals surface area contributed by atoms with Crippen molar-refractivity contribution in [3.05, 3.63) is 0 Å². The van der Waals surface area contributed by atoms with Crippen molar-refractivity contribution in [2.45, 2.75) is 65.0 Å². The van der Waals surface area contributed by atoms with Crippen LogP contribution in [0.4, 0.5) is 4.79 Å². The first-order chi connectivity index (χ1) is 9.83. The minimum Gasteiger partial charge on any atom is -0.444 e. The average Bonchev–Trinajstić information content (AvgIpc) is 2.40. The third-order valence-electron chi connectivity index (χ3n) is 4.05. The second-order valence-electron chi connectivity index (χ2n) is 7.33. The van der Waals surface area contributed by atoms with Crippen LogP contribution in [0.2, 0.25) is 0 Å². The van der Waals surface area contributed by atoms with E-state index in [9.17, 15) is 4.79 Å². The van der Waals surface area contributed by atoms with E-state index in [1.807, 2.05) is 20.8 Å². The summed E-state index contributed by atoms with van der Waals surface area (Å²) in [6, 6.07) is 0.513. The highest BCUT2D eigenvalue weighted by molar-refractivity contribution is 5.88. The summed E-state index contributed by atoms with van der Waals surface area (Å²) in [6.45, 7) is 9.84. The smallest absolute Gasteiger partial charge is 0.410 e. The molecule has 5 nitrogen and oxygen atoms in total. The van der Waals surface area contributed by atoms with Crippen molar-refractivity contribution in [1.29, 1.82) is 0 Å². The highest BCUT2D eigenvalue weighted by atomic mass is 16.6. The van der Waals surface area contributed by atoms with Gasteiger partial charge in [0.2, 0.25) is 0 Å². The molecule has 1 heterocycles.